The molecule has 0 atom stereocenters. The lowest BCUT2D eigenvalue weighted by atomic mass is 9.97. The van der Waals surface area contributed by atoms with Gasteiger partial charge in [0.1, 0.15) is 5.78 Å². The highest BCUT2D eigenvalue weighted by molar-refractivity contribution is 5.83. The normalized spacial score (nSPS) is 14.6. The van der Waals surface area contributed by atoms with Crippen molar-refractivity contribution in [3.63, 3.8) is 0 Å². The molecule has 0 bridgehead atoms. The van der Waals surface area contributed by atoms with Crippen molar-refractivity contribution in [2.45, 2.75) is 32.1 Å². The largest absolute Gasteiger partial charge is 0.373 e. The summed E-state index contributed by atoms with van der Waals surface area (Å²) in [5, 5.41) is 0. The topological polar surface area (TPSA) is 51.2 Å². The SMILES string of the molecule is O=C(Cc1ccccc1)C1CCCC1.O=C=O. The molecule has 0 spiro atoms. The van der Waals surface area contributed by atoms with E-state index in [0.29, 0.717) is 18.1 Å². The molecule has 3 nitrogen and oxygen atoms in total. The fourth-order valence-corrected chi connectivity index (χ4v) is 2.19. The molecule has 3 heteroatoms. The number of ketones is 1. The minimum Gasteiger partial charge on any atom is -0.299 e. The smallest absolute Gasteiger partial charge is 0.299 e. The average Bonchev–Trinajstić information content (AvgIpc) is 2.85. The molecule has 0 aliphatic heterocycles. The zero-order chi connectivity index (χ0) is 12.5. The number of Topliss-reactive ketones (excluding diaryl/α,β-unsaturated/α-hetero) is 1. The van der Waals surface area contributed by atoms with E-state index in [2.05, 4.69) is 0 Å². The maximum atomic E-state index is 11.8. The second kappa shape index (κ2) is 7.53. The number of hydrogen-bond acceptors (Lipinski definition) is 3. The van der Waals surface area contributed by atoms with Crippen molar-refractivity contribution in [3.05, 3.63) is 35.9 Å². The van der Waals surface area contributed by atoms with Crippen LogP contribution < -0.4 is 0 Å². The van der Waals surface area contributed by atoms with Gasteiger partial charge in [0.25, 0.3) is 0 Å². The van der Waals surface area contributed by atoms with E-state index in [1.165, 1.54) is 12.8 Å². The van der Waals surface area contributed by atoms with Gasteiger partial charge in [0.15, 0.2) is 0 Å². The maximum Gasteiger partial charge on any atom is 0.373 e. The third-order valence-corrected chi connectivity index (χ3v) is 3.03. The highest BCUT2D eigenvalue weighted by Gasteiger charge is 2.22. The summed E-state index contributed by atoms with van der Waals surface area (Å²) in [6.45, 7) is 0. The molecule has 0 saturated heterocycles. The van der Waals surface area contributed by atoms with E-state index in [1.807, 2.05) is 30.3 Å². The van der Waals surface area contributed by atoms with E-state index in [-0.39, 0.29) is 6.15 Å². The Balaban J connectivity index is 0.000000437. The lowest BCUT2D eigenvalue weighted by molar-refractivity contribution is -0.191. The summed E-state index contributed by atoms with van der Waals surface area (Å²) in [5.41, 5.74) is 1.16. The molecule has 0 amide bonds. The first kappa shape index (κ1) is 13.3. The van der Waals surface area contributed by atoms with Crippen LogP contribution in [-0.4, -0.2) is 11.9 Å². The van der Waals surface area contributed by atoms with E-state index in [0.717, 1.165) is 18.4 Å². The van der Waals surface area contributed by atoms with E-state index < -0.39 is 0 Å². The Hall–Kier alpha value is -1.73. The predicted octanol–water partition coefficient (Wildman–Crippen LogP) is 2.40. The Kier molecular flexibility index (Phi) is 5.91. The van der Waals surface area contributed by atoms with Crippen LogP contribution in [0.15, 0.2) is 30.3 Å². The summed E-state index contributed by atoms with van der Waals surface area (Å²) in [4.78, 5) is 28.1. The lowest BCUT2D eigenvalue weighted by Gasteiger charge is -2.07. The summed E-state index contributed by atoms with van der Waals surface area (Å²) in [5.74, 6) is 0.795. The zero-order valence-corrected chi connectivity index (χ0v) is 9.72. The molecule has 1 aliphatic rings. The summed E-state index contributed by atoms with van der Waals surface area (Å²) in [7, 11) is 0. The zero-order valence-electron chi connectivity index (χ0n) is 9.72. The van der Waals surface area contributed by atoms with Gasteiger partial charge < -0.3 is 0 Å². The van der Waals surface area contributed by atoms with Crippen LogP contribution in [0.5, 0.6) is 0 Å². The van der Waals surface area contributed by atoms with Gasteiger partial charge in [-0.05, 0) is 18.4 Å². The maximum absolute atomic E-state index is 11.8. The molecule has 0 aromatic heterocycles. The van der Waals surface area contributed by atoms with E-state index in [1.54, 1.807) is 0 Å². The second-order valence-electron chi connectivity index (χ2n) is 4.19. The van der Waals surface area contributed by atoms with Crippen molar-refractivity contribution in [2.75, 3.05) is 0 Å². The first-order valence-electron chi connectivity index (χ1n) is 5.84. The van der Waals surface area contributed by atoms with Crippen molar-refractivity contribution in [1.29, 1.82) is 0 Å². The van der Waals surface area contributed by atoms with Gasteiger partial charge in [0.05, 0.1) is 0 Å². The van der Waals surface area contributed by atoms with Crippen LogP contribution >= 0.6 is 0 Å². The molecule has 0 radical (unpaired) electrons. The van der Waals surface area contributed by atoms with Crippen LogP contribution in [0.3, 0.4) is 0 Å². The Morgan fingerprint density at radius 1 is 1.12 bits per heavy atom. The van der Waals surface area contributed by atoms with Gasteiger partial charge in [-0.3, -0.25) is 4.79 Å². The fraction of sp³-hybridized carbons (Fsp3) is 0.429. The summed E-state index contributed by atoms with van der Waals surface area (Å²) < 4.78 is 0. The Morgan fingerprint density at radius 2 is 1.65 bits per heavy atom. The summed E-state index contributed by atoms with van der Waals surface area (Å²) >= 11 is 0. The van der Waals surface area contributed by atoms with Gasteiger partial charge in [-0.25, -0.2) is 0 Å². The fourth-order valence-electron chi connectivity index (χ4n) is 2.19. The first-order valence-corrected chi connectivity index (χ1v) is 5.84. The number of hydrogen-bond donors (Lipinski definition) is 0. The van der Waals surface area contributed by atoms with Crippen molar-refractivity contribution in [2.24, 2.45) is 5.92 Å². The highest BCUT2D eigenvalue weighted by Crippen LogP contribution is 2.26. The predicted molar refractivity (Wildman–Crippen MR) is 62.1 cm³/mol. The minimum atomic E-state index is 0.250. The Bertz CT molecular complexity index is 372. The van der Waals surface area contributed by atoms with Gasteiger partial charge >= 0.3 is 6.15 Å². The highest BCUT2D eigenvalue weighted by atomic mass is 16.2. The van der Waals surface area contributed by atoms with E-state index in [4.69, 9.17) is 9.59 Å². The molecule has 0 unspecified atom stereocenters. The molecule has 1 fully saturated rings. The monoisotopic (exact) mass is 232 g/mol. The standard InChI is InChI=1S/C13H16O.CO2/c14-13(12-8-4-5-9-12)10-11-6-2-1-3-7-11;2-1-3/h1-3,6-7,12H,4-5,8-10H2;. The summed E-state index contributed by atoms with van der Waals surface area (Å²) in [6, 6.07) is 10.1. The third-order valence-electron chi connectivity index (χ3n) is 3.03. The quantitative estimate of drug-likeness (QED) is 0.804. The van der Waals surface area contributed by atoms with Gasteiger partial charge in [-0.2, -0.15) is 9.59 Å². The number of carbonyl (C=O) groups is 1. The van der Waals surface area contributed by atoms with Crippen molar-refractivity contribution < 1.29 is 14.4 Å². The van der Waals surface area contributed by atoms with Crippen LogP contribution in [0.1, 0.15) is 31.2 Å². The van der Waals surface area contributed by atoms with Crippen molar-refractivity contribution in [3.8, 4) is 0 Å². The third kappa shape index (κ3) is 4.75. The number of carbonyl (C=O) groups excluding carboxylic acids is 3. The van der Waals surface area contributed by atoms with E-state index >= 15 is 0 Å². The van der Waals surface area contributed by atoms with E-state index in [9.17, 15) is 4.79 Å². The van der Waals surface area contributed by atoms with Crippen LogP contribution in [-0.2, 0) is 20.8 Å². The molecule has 1 saturated carbocycles. The van der Waals surface area contributed by atoms with Crippen LogP contribution in [0.25, 0.3) is 0 Å². The Labute approximate surface area is 101 Å². The first-order chi connectivity index (χ1) is 8.27. The molecular weight excluding hydrogens is 216 g/mol. The molecule has 0 N–H and O–H groups in total. The molecule has 1 aliphatic carbocycles. The van der Waals surface area contributed by atoms with Crippen molar-refractivity contribution >= 4 is 11.9 Å². The number of benzene rings is 1. The molecule has 17 heavy (non-hydrogen) atoms. The van der Waals surface area contributed by atoms with Gasteiger partial charge in [-0.1, -0.05) is 43.2 Å². The Morgan fingerprint density at radius 3 is 2.18 bits per heavy atom. The molecule has 1 aromatic carbocycles. The lowest BCUT2D eigenvalue weighted by Crippen LogP contribution is -2.13. The van der Waals surface area contributed by atoms with Crippen LogP contribution in [0, 0.1) is 5.92 Å². The van der Waals surface area contributed by atoms with Gasteiger partial charge in [0.2, 0.25) is 0 Å². The van der Waals surface area contributed by atoms with Crippen LogP contribution in [0.4, 0.5) is 0 Å². The molecule has 1 aromatic rings. The summed E-state index contributed by atoms with van der Waals surface area (Å²) in [6.07, 6.45) is 5.60. The number of rotatable bonds is 3. The second-order valence-corrected chi connectivity index (χ2v) is 4.19. The molecule has 90 valence electrons. The van der Waals surface area contributed by atoms with Gasteiger partial charge in [0, 0.05) is 12.3 Å². The van der Waals surface area contributed by atoms with Crippen molar-refractivity contribution in [1.82, 2.24) is 0 Å². The van der Waals surface area contributed by atoms with Crippen LogP contribution in [0.2, 0.25) is 0 Å². The average molecular weight is 232 g/mol. The molecule has 0 heterocycles. The molecular formula is C14H16O3. The molecule has 2 rings (SSSR count). The minimum absolute atomic E-state index is 0.250. The van der Waals surface area contributed by atoms with Gasteiger partial charge in [-0.15, -0.1) is 0 Å².